The first-order chi connectivity index (χ1) is 11.7. The Kier molecular flexibility index (Phi) is 4.79. The van der Waals surface area contributed by atoms with Gasteiger partial charge in [0.25, 0.3) is 5.91 Å². The van der Waals surface area contributed by atoms with E-state index in [1.165, 1.54) is 7.11 Å². The van der Waals surface area contributed by atoms with Gasteiger partial charge in [0, 0.05) is 25.4 Å². The molecule has 1 saturated heterocycles. The van der Waals surface area contributed by atoms with Crippen molar-refractivity contribution >= 4 is 5.91 Å². The zero-order valence-electron chi connectivity index (χ0n) is 13.6. The van der Waals surface area contributed by atoms with Gasteiger partial charge in [-0.3, -0.25) is 9.78 Å². The summed E-state index contributed by atoms with van der Waals surface area (Å²) in [6, 6.07) is 5.28. The van der Waals surface area contributed by atoms with Crippen molar-refractivity contribution < 1.29 is 19.0 Å². The van der Waals surface area contributed by atoms with Crippen molar-refractivity contribution in [3.63, 3.8) is 0 Å². The number of hydrogen-bond acceptors (Lipinski definition) is 6. The third-order valence-corrected chi connectivity index (χ3v) is 3.89. The van der Waals surface area contributed by atoms with E-state index in [0.29, 0.717) is 36.0 Å². The van der Waals surface area contributed by atoms with Crippen LogP contribution in [0.4, 0.5) is 0 Å². The Hall–Kier alpha value is -2.83. The van der Waals surface area contributed by atoms with Crippen molar-refractivity contribution in [2.24, 2.45) is 0 Å². The number of methoxy groups -OCH3 is 2. The van der Waals surface area contributed by atoms with Crippen LogP contribution in [0.15, 0.2) is 36.8 Å². The van der Waals surface area contributed by atoms with Gasteiger partial charge in [0.2, 0.25) is 5.88 Å². The Labute approximate surface area is 140 Å². The molecule has 126 valence electrons. The highest BCUT2D eigenvalue weighted by Gasteiger charge is 2.30. The lowest BCUT2D eigenvalue weighted by Crippen LogP contribution is -2.31. The topological polar surface area (TPSA) is 73.8 Å². The van der Waals surface area contributed by atoms with E-state index < -0.39 is 0 Å². The minimum Gasteiger partial charge on any atom is -0.493 e. The summed E-state index contributed by atoms with van der Waals surface area (Å²) < 4.78 is 16.4. The van der Waals surface area contributed by atoms with Gasteiger partial charge in [0.1, 0.15) is 6.10 Å². The van der Waals surface area contributed by atoms with Gasteiger partial charge >= 0.3 is 0 Å². The number of carbonyl (C=O) groups is 1. The molecule has 2 aromatic rings. The van der Waals surface area contributed by atoms with Gasteiger partial charge in [-0.15, -0.1) is 0 Å². The summed E-state index contributed by atoms with van der Waals surface area (Å²) in [4.78, 5) is 22.6. The molecular formula is C17H19N3O4. The molecule has 0 radical (unpaired) electrons. The molecule has 2 heterocycles. The molecule has 1 aliphatic rings. The lowest BCUT2D eigenvalue weighted by atomic mass is 10.1. The summed E-state index contributed by atoms with van der Waals surface area (Å²) in [5.41, 5.74) is 0.483. The van der Waals surface area contributed by atoms with E-state index in [1.54, 1.807) is 48.8 Å². The Morgan fingerprint density at radius 1 is 1.25 bits per heavy atom. The first-order valence-corrected chi connectivity index (χ1v) is 7.66. The molecule has 1 aromatic carbocycles. The molecule has 0 saturated carbocycles. The third kappa shape index (κ3) is 3.24. The molecule has 3 rings (SSSR count). The van der Waals surface area contributed by atoms with Gasteiger partial charge in [0.05, 0.1) is 32.5 Å². The Bertz CT molecular complexity index is 708. The van der Waals surface area contributed by atoms with Gasteiger partial charge in [0.15, 0.2) is 11.5 Å². The largest absolute Gasteiger partial charge is 0.493 e. The van der Waals surface area contributed by atoms with Crippen LogP contribution in [0.5, 0.6) is 17.4 Å². The van der Waals surface area contributed by atoms with E-state index in [4.69, 9.17) is 14.2 Å². The minimum atomic E-state index is -0.101. The smallest absolute Gasteiger partial charge is 0.257 e. The van der Waals surface area contributed by atoms with Crippen molar-refractivity contribution in [3.8, 4) is 17.4 Å². The molecule has 0 unspecified atom stereocenters. The van der Waals surface area contributed by atoms with Crippen LogP contribution >= 0.6 is 0 Å². The summed E-state index contributed by atoms with van der Waals surface area (Å²) >= 11 is 0. The van der Waals surface area contributed by atoms with Crippen molar-refractivity contribution in [2.75, 3.05) is 27.3 Å². The van der Waals surface area contributed by atoms with Gasteiger partial charge in [-0.25, -0.2) is 4.98 Å². The average Bonchev–Trinajstić information content (AvgIpc) is 3.09. The van der Waals surface area contributed by atoms with Gasteiger partial charge in [-0.2, -0.15) is 0 Å². The molecule has 1 atom stereocenters. The summed E-state index contributed by atoms with van der Waals surface area (Å²) in [6.45, 7) is 1.11. The fourth-order valence-electron chi connectivity index (χ4n) is 2.75. The maximum Gasteiger partial charge on any atom is 0.257 e. The van der Waals surface area contributed by atoms with Gasteiger partial charge in [-0.05, 0) is 12.1 Å². The minimum absolute atomic E-state index is 0.0951. The second-order valence-electron chi connectivity index (χ2n) is 5.36. The molecule has 1 aliphatic heterocycles. The number of nitrogens with zero attached hydrogens (tertiary/aromatic N) is 3. The lowest BCUT2D eigenvalue weighted by Gasteiger charge is -2.19. The second kappa shape index (κ2) is 7.16. The van der Waals surface area contributed by atoms with Crippen LogP contribution in [-0.2, 0) is 0 Å². The van der Waals surface area contributed by atoms with Crippen LogP contribution < -0.4 is 14.2 Å². The molecule has 0 N–H and O–H groups in total. The molecular weight excluding hydrogens is 310 g/mol. The first-order valence-electron chi connectivity index (χ1n) is 7.66. The predicted molar refractivity (Wildman–Crippen MR) is 86.5 cm³/mol. The van der Waals surface area contributed by atoms with Gasteiger partial charge < -0.3 is 19.1 Å². The molecule has 24 heavy (non-hydrogen) atoms. The number of carbonyl (C=O) groups excluding carboxylic acids is 1. The summed E-state index contributed by atoms with van der Waals surface area (Å²) in [7, 11) is 3.07. The summed E-state index contributed by atoms with van der Waals surface area (Å²) in [5, 5.41) is 0. The zero-order chi connectivity index (χ0) is 16.9. The number of para-hydroxylation sites is 1. The normalized spacial score (nSPS) is 16.8. The highest BCUT2D eigenvalue weighted by molar-refractivity contribution is 5.98. The molecule has 0 bridgehead atoms. The fourth-order valence-corrected chi connectivity index (χ4v) is 2.75. The van der Waals surface area contributed by atoms with Crippen molar-refractivity contribution in [3.05, 3.63) is 42.4 Å². The number of benzene rings is 1. The Balaban J connectivity index is 1.71. The number of rotatable bonds is 5. The van der Waals surface area contributed by atoms with E-state index in [9.17, 15) is 4.79 Å². The van der Waals surface area contributed by atoms with E-state index in [0.717, 1.165) is 6.42 Å². The number of aromatic nitrogens is 2. The number of ether oxygens (including phenoxy) is 3. The van der Waals surface area contributed by atoms with Crippen LogP contribution in [0.3, 0.4) is 0 Å². The lowest BCUT2D eigenvalue weighted by molar-refractivity contribution is 0.0767. The standard InChI is InChI=1S/C17H19N3O4/c1-22-14-5-3-4-13(16(14)23-2)17(21)20-9-6-12(11-20)24-15-10-18-7-8-19-15/h3-5,7-8,10,12H,6,9,11H2,1-2H3/t12-/m0/s1. The highest BCUT2D eigenvalue weighted by Crippen LogP contribution is 2.32. The van der Waals surface area contributed by atoms with Crippen LogP contribution in [0, 0.1) is 0 Å². The number of likely N-dealkylation sites (tertiary alicyclic amines) is 1. The maximum atomic E-state index is 12.8. The van der Waals surface area contributed by atoms with E-state index in [2.05, 4.69) is 9.97 Å². The van der Waals surface area contributed by atoms with Crippen LogP contribution in [0.2, 0.25) is 0 Å². The predicted octanol–water partition coefficient (Wildman–Crippen LogP) is 1.79. The van der Waals surface area contributed by atoms with Crippen LogP contribution in [0.25, 0.3) is 0 Å². The molecule has 1 amide bonds. The van der Waals surface area contributed by atoms with Crippen molar-refractivity contribution in [2.45, 2.75) is 12.5 Å². The summed E-state index contributed by atoms with van der Waals surface area (Å²) in [6.07, 6.45) is 5.38. The molecule has 0 spiro atoms. The van der Waals surface area contributed by atoms with E-state index >= 15 is 0 Å². The monoisotopic (exact) mass is 329 g/mol. The Morgan fingerprint density at radius 3 is 2.83 bits per heavy atom. The Morgan fingerprint density at radius 2 is 2.12 bits per heavy atom. The number of hydrogen-bond donors (Lipinski definition) is 0. The fraction of sp³-hybridized carbons (Fsp3) is 0.353. The summed E-state index contributed by atoms with van der Waals surface area (Å²) in [5.74, 6) is 1.35. The average molecular weight is 329 g/mol. The zero-order valence-corrected chi connectivity index (χ0v) is 13.6. The molecule has 7 nitrogen and oxygen atoms in total. The molecule has 1 fully saturated rings. The quantitative estimate of drug-likeness (QED) is 0.832. The molecule has 0 aliphatic carbocycles. The van der Waals surface area contributed by atoms with Gasteiger partial charge in [-0.1, -0.05) is 6.07 Å². The maximum absolute atomic E-state index is 12.8. The first kappa shape index (κ1) is 16.0. The van der Waals surface area contributed by atoms with Crippen LogP contribution in [-0.4, -0.2) is 54.2 Å². The van der Waals surface area contributed by atoms with Crippen molar-refractivity contribution in [1.82, 2.24) is 14.9 Å². The van der Waals surface area contributed by atoms with Crippen molar-refractivity contribution in [1.29, 1.82) is 0 Å². The van der Waals surface area contributed by atoms with Crippen LogP contribution in [0.1, 0.15) is 16.8 Å². The number of amides is 1. The van der Waals surface area contributed by atoms with E-state index in [1.807, 2.05) is 0 Å². The highest BCUT2D eigenvalue weighted by atomic mass is 16.5. The third-order valence-electron chi connectivity index (χ3n) is 3.89. The van der Waals surface area contributed by atoms with E-state index in [-0.39, 0.29) is 12.0 Å². The molecule has 1 aromatic heterocycles. The second-order valence-corrected chi connectivity index (χ2v) is 5.36. The SMILES string of the molecule is COc1cccc(C(=O)N2CC[C@H](Oc3cnccn3)C2)c1OC. The molecule has 7 heteroatoms.